The lowest BCUT2D eigenvalue weighted by Crippen LogP contribution is -2.34. The van der Waals surface area contributed by atoms with Crippen molar-refractivity contribution >= 4 is 11.9 Å². The topological polar surface area (TPSA) is 86.3 Å². The van der Waals surface area contributed by atoms with Gasteiger partial charge in [-0.15, -0.1) is 0 Å². The summed E-state index contributed by atoms with van der Waals surface area (Å²) in [6, 6.07) is 0. The zero-order chi connectivity index (χ0) is 14.3. The van der Waals surface area contributed by atoms with E-state index in [2.05, 4.69) is 9.97 Å². The molecule has 2 saturated carbocycles. The van der Waals surface area contributed by atoms with Gasteiger partial charge in [-0.05, 0) is 37.0 Å². The predicted octanol–water partition coefficient (Wildman–Crippen LogP) is 1.62. The number of hydrogen-bond acceptors (Lipinski definition) is 3. The van der Waals surface area contributed by atoms with Gasteiger partial charge in [0.15, 0.2) is 11.4 Å². The van der Waals surface area contributed by atoms with E-state index in [0.717, 1.165) is 11.8 Å². The van der Waals surface area contributed by atoms with Crippen molar-refractivity contribution in [2.45, 2.75) is 25.7 Å². The molecule has 6 heteroatoms. The second-order valence-corrected chi connectivity index (χ2v) is 6.05. The smallest absolute Gasteiger partial charge is 0.354 e. The Morgan fingerprint density at radius 1 is 1.45 bits per heavy atom. The molecule has 0 spiro atoms. The highest BCUT2D eigenvalue weighted by Gasteiger charge is 2.40. The molecule has 2 aliphatic carbocycles. The number of carboxylic acid groups (broad SMARTS) is 1. The first-order valence-electron chi connectivity index (χ1n) is 7.08. The molecule has 2 N–H and O–H groups in total. The van der Waals surface area contributed by atoms with Gasteiger partial charge in [0.1, 0.15) is 0 Å². The number of amides is 1. The van der Waals surface area contributed by atoms with Gasteiger partial charge in [-0.25, -0.2) is 9.78 Å². The lowest BCUT2D eigenvalue weighted by molar-refractivity contribution is 0.0668. The van der Waals surface area contributed by atoms with E-state index in [0.29, 0.717) is 12.5 Å². The summed E-state index contributed by atoms with van der Waals surface area (Å²) in [4.78, 5) is 31.3. The monoisotopic (exact) mass is 277 g/mol. The molecule has 2 fully saturated rings. The molecule has 0 saturated heterocycles. The molecular weight excluding hydrogens is 258 g/mol. The summed E-state index contributed by atoms with van der Waals surface area (Å²) >= 11 is 0. The first-order valence-corrected chi connectivity index (χ1v) is 7.08. The molecule has 1 aromatic rings. The van der Waals surface area contributed by atoms with Crippen LogP contribution in [0.15, 0.2) is 6.33 Å². The third-order valence-electron chi connectivity index (χ3n) is 4.80. The van der Waals surface area contributed by atoms with Crippen LogP contribution < -0.4 is 0 Å². The van der Waals surface area contributed by atoms with Crippen LogP contribution >= 0.6 is 0 Å². The highest BCUT2D eigenvalue weighted by atomic mass is 16.4. The van der Waals surface area contributed by atoms with Crippen molar-refractivity contribution in [3.8, 4) is 0 Å². The molecule has 0 aliphatic heterocycles. The van der Waals surface area contributed by atoms with Gasteiger partial charge >= 0.3 is 5.97 Å². The van der Waals surface area contributed by atoms with Crippen molar-refractivity contribution in [2.24, 2.45) is 17.8 Å². The number of aromatic nitrogens is 2. The minimum atomic E-state index is -1.15. The molecule has 3 atom stereocenters. The summed E-state index contributed by atoms with van der Waals surface area (Å²) in [6.45, 7) is 0.700. The Bertz CT molecular complexity index is 540. The van der Waals surface area contributed by atoms with Crippen molar-refractivity contribution in [1.29, 1.82) is 0 Å². The summed E-state index contributed by atoms with van der Waals surface area (Å²) in [5.41, 5.74) is -0.127. The van der Waals surface area contributed by atoms with Crippen LogP contribution in [0.3, 0.4) is 0 Å². The van der Waals surface area contributed by atoms with Crippen LogP contribution in [0.5, 0.6) is 0 Å². The number of nitrogens with zero attached hydrogens (tertiary/aromatic N) is 2. The molecular formula is C14H19N3O3. The molecule has 3 unspecified atom stereocenters. The Labute approximate surface area is 117 Å². The predicted molar refractivity (Wildman–Crippen MR) is 71.4 cm³/mol. The van der Waals surface area contributed by atoms with Crippen LogP contribution in [0.4, 0.5) is 0 Å². The molecule has 2 aliphatic rings. The average molecular weight is 277 g/mol. The van der Waals surface area contributed by atoms with E-state index in [1.165, 1.54) is 32.0 Å². The zero-order valence-corrected chi connectivity index (χ0v) is 11.5. The van der Waals surface area contributed by atoms with Gasteiger partial charge < -0.3 is 15.0 Å². The maximum Gasteiger partial charge on any atom is 0.354 e. The second kappa shape index (κ2) is 4.92. The highest BCUT2D eigenvalue weighted by molar-refractivity contribution is 6.02. The standard InChI is InChI=1S/C14H19N3O3/c1-17(6-10-5-8-2-3-9(10)4-8)13(18)11-12(14(19)20)16-7-15-11/h7-10H,2-6H2,1H3,(H,15,16)(H,19,20). The van der Waals surface area contributed by atoms with Gasteiger partial charge in [0.25, 0.3) is 5.91 Å². The van der Waals surface area contributed by atoms with Crippen molar-refractivity contribution in [2.75, 3.05) is 13.6 Å². The fourth-order valence-electron chi connectivity index (χ4n) is 3.83. The summed E-state index contributed by atoms with van der Waals surface area (Å²) in [5.74, 6) is 0.683. The number of carbonyl (C=O) groups is 2. The van der Waals surface area contributed by atoms with Gasteiger partial charge in [-0.3, -0.25) is 4.79 Å². The van der Waals surface area contributed by atoms with Crippen LogP contribution in [-0.4, -0.2) is 45.4 Å². The van der Waals surface area contributed by atoms with Gasteiger partial charge in [0.2, 0.25) is 0 Å². The van der Waals surface area contributed by atoms with E-state index in [4.69, 9.17) is 5.11 Å². The van der Waals surface area contributed by atoms with Crippen molar-refractivity contribution in [3.63, 3.8) is 0 Å². The molecule has 1 aromatic heterocycles. The van der Waals surface area contributed by atoms with E-state index in [1.54, 1.807) is 11.9 Å². The van der Waals surface area contributed by atoms with Crippen molar-refractivity contribution in [1.82, 2.24) is 14.9 Å². The van der Waals surface area contributed by atoms with Crippen molar-refractivity contribution in [3.05, 3.63) is 17.7 Å². The van der Waals surface area contributed by atoms with Crippen LogP contribution in [-0.2, 0) is 0 Å². The fraction of sp³-hybridized carbons (Fsp3) is 0.643. The SMILES string of the molecule is CN(CC1CC2CCC1C2)C(=O)c1nc[nH]c1C(=O)O. The number of hydrogen-bond donors (Lipinski definition) is 2. The Kier molecular flexibility index (Phi) is 3.23. The van der Waals surface area contributed by atoms with Crippen molar-refractivity contribution < 1.29 is 14.7 Å². The largest absolute Gasteiger partial charge is 0.477 e. The molecule has 0 radical (unpaired) electrons. The molecule has 1 heterocycles. The van der Waals surface area contributed by atoms with Crippen LogP contribution in [0.1, 0.15) is 46.7 Å². The van der Waals surface area contributed by atoms with E-state index >= 15 is 0 Å². The first kappa shape index (κ1) is 13.1. The summed E-state index contributed by atoms with van der Waals surface area (Å²) < 4.78 is 0. The van der Waals surface area contributed by atoms with E-state index < -0.39 is 5.97 Å². The van der Waals surface area contributed by atoms with Gasteiger partial charge in [-0.2, -0.15) is 0 Å². The number of aromatic carboxylic acids is 1. The number of carbonyl (C=O) groups excluding carboxylic acids is 1. The third kappa shape index (κ3) is 2.19. The molecule has 20 heavy (non-hydrogen) atoms. The maximum atomic E-state index is 12.3. The number of fused-ring (bicyclic) bond motifs is 2. The number of carboxylic acids is 1. The van der Waals surface area contributed by atoms with E-state index in [-0.39, 0.29) is 17.3 Å². The van der Waals surface area contributed by atoms with Crippen LogP contribution in [0.2, 0.25) is 0 Å². The summed E-state index contributed by atoms with van der Waals surface area (Å²) in [7, 11) is 1.73. The molecule has 3 rings (SSSR count). The average Bonchev–Trinajstić information content (AvgIpc) is 3.13. The minimum absolute atomic E-state index is 0.00292. The molecule has 6 nitrogen and oxygen atoms in total. The summed E-state index contributed by atoms with van der Waals surface area (Å²) in [6.07, 6.45) is 6.37. The van der Waals surface area contributed by atoms with E-state index in [1.807, 2.05) is 0 Å². The highest BCUT2D eigenvalue weighted by Crippen LogP contribution is 2.48. The Morgan fingerprint density at radius 3 is 2.85 bits per heavy atom. The Hall–Kier alpha value is -1.85. The first-order chi connectivity index (χ1) is 9.56. The van der Waals surface area contributed by atoms with Gasteiger partial charge in [0, 0.05) is 13.6 Å². The van der Waals surface area contributed by atoms with Gasteiger partial charge in [-0.1, -0.05) is 6.42 Å². The molecule has 1 amide bonds. The third-order valence-corrected chi connectivity index (χ3v) is 4.80. The zero-order valence-electron chi connectivity index (χ0n) is 11.5. The maximum absolute atomic E-state index is 12.3. The minimum Gasteiger partial charge on any atom is -0.477 e. The van der Waals surface area contributed by atoms with Crippen LogP contribution in [0, 0.1) is 17.8 Å². The number of imidazole rings is 1. The molecule has 0 aromatic carbocycles. The Balaban J connectivity index is 1.67. The second-order valence-electron chi connectivity index (χ2n) is 6.05. The molecule has 2 bridgehead atoms. The summed E-state index contributed by atoms with van der Waals surface area (Å²) in [5, 5.41) is 9.01. The number of nitrogens with one attached hydrogen (secondary N) is 1. The van der Waals surface area contributed by atoms with Gasteiger partial charge in [0.05, 0.1) is 6.33 Å². The number of aromatic amines is 1. The molecule has 108 valence electrons. The van der Waals surface area contributed by atoms with E-state index in [9.17, 15) is 9.59 Å². The number of H-pyrrole nitrogens is 1. The van der Waals surface area contributed by atoms with Crippen LogP contribution in [0.25, 0.3) is 0 Å². The quantitative estimate of drug-likeness (QED) is 0.875. The lowest BCUT2D eigenvalue weighted by Gasteiger charge is -2.26. The normalized spacial score (nSPS) is 27.8. The number of rotatable bonds is 4. The Morgan fingerprint density at radius 2 is 2.25 bits per heavy atom. The fourth-order valence-corrected chi connectivity index (χ4v) is 3.83. The lowest BCUT2D eigenvalue weighted by atomic mass is 9.88.